The molecule has 31 heavy (non-hydrogen) atoms. The molecule has 0 bridgehead atoms. The Kier molecular flexibility index (Phi) is 4.55. The van der Waals surface area contributed by atoms with Crippen LogP contribution in [0, 0.1) is 6.92 Å². The number of fused-ring (bicyclic) bond motifs is 2. The molecule has 2 aromatic heterocycles. The highest BCUT2D eigenvalue weighted by atomic mass is 16.5. The second-order valence-electron chi connectivity index (χ2n) is 7.44. The lowest BCUT2D eigenvalue weighted by Crippen LogP contribution is -2.30. The van der Waals surface area contributed by atoms with Crippen molar-refractivity contribution in [2.24, 2.45) is 0 Å². The highest BCUT2D eigenvalue weighted by Crippen LogP contribution is 2.41. The molecule has 154 valence electrons. The molecule has 0 saturated heterocycles. The number of aromatic nitrogens is 1. The Morgan fingerprint density at radius 3 is 2.71 bits per heavy atom. The third-order valence-corrected chi connectivity index (χ3v) is 5.41. The number of pyridine rings is 1. The van der Waals surface area contributed by atoms with E-state index in [4.69, 9.17) is 9.15 Å². The number of hydrogen-bond acceptors (Lipinski definition) is 5. The normalized spacial score (nSPS) is 15.4. The molecule has 0 unspecified atom stereocenters. The van der Waals surface area contributed by atoms with Crippen LogP contribution in [0.1, 0.15) is 40.2 Å². The van der Waals surface area contributed by atoms with E-state index in [2.05, 4.69) is 4.98 Å². The highest BCUT2D eigenvalue weighted by molar-refractivity contribution is 6.10. The van der Waals surface area contributed by atoms with Gasteiger partial charge < -0.3 is 9.15 Å². The van der Waals surface area contributed by atoms with Gasteiger partial charge in [0, 0.05) is 6.20 Å². The average Bonchev–Trinajstić information content (AvgIpc) is 3.07. The summed E-state index contributed by atoms with van der Waals surface area (Å²) in [4.78, 5) is 33.0. The van der Waals surface area contributed by atoms with Gasteiger partial charge >= 0.3 is 0 Å². The number of benzene rings is 2. The molecule has 1 aliphatic rings. The van der Waals surface area contributed by atoms with Gasteiger partial charge in [-0.2, -0.15) is 0 Å². The fraction of sp³-hybridized carbons (Fsp3) is 0.160. The van der Waals surface area contributed by atoms with Crippen molar-refractivity contribution < 1.29 is 13.9 Å². The van der Waals surface area contributed by atoms with Gasteiger partial charge in [-0.25, -0.2) is 4.98 Å². The summed E-state index contributed by atoms with van der Waals surface area (Å²) < 4.78 is 11.6. The zero-order valence-corrected chi connectivity index (χ0v) is 17.2. The average molecular weight is 412 g/mol. The van der Waals surface area contributed by atoms with Gasteiger partial charge in [0.05, 0.1) is 23.6 Å². The molecule has 1 aliphatic heterocycles. The zero-order valence-electron chi connectivity index (χ0n) is 17.2. The van der Waals surface area contributed by atoms with Crippen molar-refractivity contribution in [1.82, 2.24) is 4.98 Å². The van der Waals surface area contributed by atoms with Crippen molar-refractivity contribution in [3.05, 3.63) is 99.5 Å². The maximum absolute atomic E-state index is 13.5. The van der Waals surface area contributed by atoms with Crippen LogP contribution in [0.4, 0.5) is 5.82 Å². The number of hydrogen-bond donors (Lipinski definition) is 0. The number of para-hydroxylation sites is 1. The van der Waals surface area contributed by atoms with E-state index in [1.54, 1.807) is 30.5 Å². The van der Waals surface area contributed by atoms with E-state index in [-0.39, 0.29) is 17.1 Å². The minimum absolute atomic E-state index is 0.0545. The molecule has 2 aromatic carbocycles. The Morgan fingerprint density at radius 1 is 1.06 bits per heavy atom. The summed E-state index contributed by atoms with van der Waals surface area (Å²) in [6, 6.07) is 17.4. The first-order valence-corrected chi connectivity index (χ1v) is 10.1. The Morgan fingerprint density at radius 2 is 1.90 bits per heavy atom. The maximum atomic E-state index is 13.5. The number of rotatable bonds is 4. The largest absolute Gasteiger partial charge is 0.494 e. The molecule has 1 atom stereocenters. The monoisotopic (exact) mass is 412 g/mol. The summed E-state index contributed by atoms with van der Waals surface area (Å²) in [7, 11) is 0. The van der Waals surface area contributed by atoms with Crippen LogP contribution in [-0.2, 0) is 0 Å². The molecule has 0 spiro atoms. The van der Waals surface area contributed by atoms with Gasteiger partial charge in [-0.15, -0.1) is 0 Å². The molecule has 1 amide bonds. The molecule has 0 saturated carbocycles. The van der Waals surface area contributed by atoms with Crippen LogP contribution in [-0.4, -0.2) is 17.5 Å². The predicted octanol–water partition coefficient (Wildman–Crippen LogP) is 4.64. The Balaban J connectivity index is 1.80. The molecule has 0 N–H and O–H groups in total. The van der Waals surface area contributed by atoms with Gasteiger partial charge in [-0.1, -0.05) is 24.3 Å². The van der Waals surface area contributed by atoms with Crippen molar-refractivity contribution in [2.75, 3.05) is 11.5 Å². The Labute approximate surface area is 178 Å². The van der Waals surface area contributed by atoms with Crippen LogP contribution in [0.2, 0.25) is 0 Å². The molecular formula is C25H20N2O4. The summed E-state index contributed by atoms with van der Waals surface area (Å²) in [5.74, 6) is 0.802. The SMILES string of the molecule is CCOc1cccc([C@@H]2c3c(oc4ccccc4c3=O)C(=O)N2c2cc(C)ccn2)c1. The lowest BCUT2D eigenvalue weighted by molar-refractivity contribution is 0.0970. The predicted molar refractivity (Wildman–Crippen MR) is 118 cm³/mol. The second-order valence-corrected chi connectivity index (χ2v) is 7.44. The van der Waals surface area contributed by atoms with Crippen molar-refractivity contribution in [1.29, 1.82) is 0 Å². The summed E-state index contributed by atoms with van der Waals surface area (Å²) in [6.07, 6.45) is 1.65. The summed E-state index contributed by atoms with van der Waals surface area (Å²) >= 11 is 0. The maximum Gasteiger partial charge on any atom is 0.296 e. The van der Waals surface area contributed by atoms with E-state index in [0.29, 0.717) is 34.7 Å². The Hall–Kier alpha value is -3.93. The highest BCUT2D eigenvalue weighted by Gasteiger charge is 2.44. The number of carbonyl (C=O) groups is 1. The first kappa shape index (κ1) is 19.1. The van der Waals surface area contributed by atoms with E-state index in [0.717, 1.165) is 11.1 Å². The molecule has 6 nitrogen and oxygen atoms in total. The van der Waals surface area contributed by atoms with E-state index in [1.807, 2.05) is 50.2 Å². The van der Waals surface area contributed by atoms with E-state index < -0.39 is 6.04 Å². The minimum atomic E-state index is -0.668. The standard InChI is InChI=1S/C25H20N2O4/c1-3-30-17-8-6-7-16(14-17)22-21-23(28)18-9-4-5-10-19(18)31-24(21)25(29)27(22)20-13-15(2)11-12-26-20/h4-14,22H,3H2,1-2H3/t22-/m1/s1. The molecule has 6 heteroatoms. The third-order valence-electron chi connectivity index (χ3n) is 5.41. The van der Waals surface area contributed by atoms with Crippen LogP contribution in [0.3, 0.4) is 0 Å². The van der Waals surface area contributed by atoms with Gasteiger partial charge in [0.15, 0.2) is 5.43 Å². The Bertz CT molecular complexity index is 1380. The van der Waals surface area contributed by atoms with Crippen LogP contribution in [0.5, 0.6) is 5.75 Å². The third kappa shape index (κ3) is 3.08. The second kappa shape index (κ2) is 7.40. The van der Waals surface area contributed by atoms with Crippen LogP contribution in [0.25, 0.3) is 11.0 Å². The van der Waals surface area contributed by atoms with Crippen molar-refractivity contribution in [3.63, 3.8) is 0 Å². The number of amides is 1. The van der Waals surface area contributed by atoms with Crippen molar-refractivity contribution >= 4 is 22.7 Å². The molecule has 0 radical (unpaired) electrons. The lowest BCUT2D eigenvalue weighted by Gasteiger charge is -2.24. The summed E-state index contributed by atoms with van der Waals surface area (Å²) in [5.41, 5.74) is 2.21. The number of carbonyl (C=O) groups excluding carboxylic acids is 1. The molecule has 4 aromatic rings. The van der Waals surface area contributed by atoms with Gasteiger partial charge in [-0.3, -0.25) is 14.5 Å². The van der Waals surface area contributed by atoms with E-state index >= 15 is 0 Å². The van der Waals surface area contributed by atoms with E-state index in [1.165, 1.54) is 4.90 Å². The van der Waals surface area contributed by atoms with Crippen LogP contribution >= 0.6 is 0 Å². The van der Waals surface area contributed by atoms with Crippen molar-refractivity contribution in [2.45, 2.75) is 19.9 Å². The molecule has 5 rings (SSSR count). The summed E-state index contributed by atoms with van der Waals surface area (Å²) in [5, 5.41) is 0.444. The lowest BCUT2D eigenvalue weighted by atomic mass is 9.98. The topological polar surface area (TPSA) is 72.6 Å². The van der Waals surface area contributed by atoms with Crippen LogP contribution in [0.15, 0.2) is 76.1 Å². The first-order chi connectivity index (χ1) is 15.1. The first-order valence-electron chi connectivity index (χ1n) is 10.1. The van der Waals surface area contributed by atoms with Gasteiger partial charge in [0.2, 0.25) is 5.76 Å². The van der Waals surface area contributed by atoms with E-state index in [9.17, 15) is 9.59 Å². The van der Waals surface area contributed by atoms with Crippen LogP contribution < -0.4 is 15.1 Å². The quantitative estimate of drug-likeness (QED) is 0.488. The smallest absolute Gasteiger partial charge is 0.296 e. The zero-order chi connectivity index (χ0) is 21.5. The number of anilines is 1. The molecule has 0 aliphatic carbocycles. The number of ether oxygens (including phenoxy) is 1. The molecule has 3 heterocycles. The number of aryl methyl sites for hydroxylation is 1. The van der Waals surface area contributed by atoms with Gasteiger partial charge in [-0.05, 0) is 61.4 Å². The molecule has 0 fully saturated rings. The fourth-order valence-corrected chi connectivity index (χ4v) is 4.06. The van der Waals surface area contributed by atoms with Crippen molar-refractivity contribution in [3.8, 4) is 5.75 Å². The molecular weight excluding hydrogens is 392 g/mol. The number of nitrogens with zero attached hydrogens (tertiary/aromatic N) is 2. The minimum Gasteiger partial charge on any atom is -0.494 e. The van der Waals surface area contributed by atoms with Gasteiger partial charge in [0.25, 0.3) is 5.91 Å². The summed E-state index contributed by atoms with van der Waals surface area (Å²) in [6.45, 7) is 4.35. The van der Waals surface area contributed by atoms with Gasteiger partial charge in [0.1, 0.15) is 17.2 Å². The fourth-order valence-electron chi connectivity index (χ4n) is 4.06.